The maximum Gasteiger partial charge on any atom is 0.123 e. The van der Waals surface area contributed by atoms with E-state index < -0.39 is 0 Å². The van der Waals surface area contributed by atoms with Gasteiger partial charge in [-0.1, -0.05) is 0 Å². The molecule has 1 aliphatic rings. The standard InChI is InChI=1S/C14H21FN2/c1-9(2)17-13(6-10(3)16)8-11-7-12(15)4-5-14(11)17/h4-5,7,9-10,13H,6,8,16H2,1-3H3. The van der Waals surface area contributed by atoms with E-state index in [0.717, 1.165) is 18.4 Å². The first-order chi connectivity index (χ1) is 7.99. The molecule has 0 aliphatic carbocycles. The molecule has 17 heavy (non-hydrogen) atoms. The minimum Gasteiger partial charge on any atom is -0.365 e. The largest absolute Gasteiger partial charge is 0.365 e. The van der Waals surface area contributed by atoms with Crippen LogP contribution in [-0.2, 0) is 6.42 Å². The summed E-state index contributed by atoms with van der Waals surface area (Å²) in [6.07, 6.45) is 1.86. The number of benzene rings is 1. The highest BCUT2D eigenvalue weighted by atomic mass is 19.1. The van der Waals surface area contributed by atoms with Crippen molar-refractivity contribution in [1.29, 1.82) is 0 Å². The number of rotatable bonds is 3. The van der Waals surface area contributed by atoms with Crippen LogP contribution >= 0.6 is 0 Å². The molecule has 2 nitrogen and oxygen atoms in total. The minimum atomic E-state index is -0.145. The van der Waals surface area contributed by atoms with E-state index >= 15 is 0 Å². The van der Waals surface area contributed by atoms with Gasteiger partial charge in [-0.2, -0.15) is 0 Å². The van der Waals surface area contributed by atoms with Gasteiger partial charge < -0.3 is 10.6 Å². The van der Waals surface area contributed by atoms with Gasteiger partial charge >= 0.3 is 0 Å². The first-order valence-electron chi connectivity index (χ1n) is 6.31. The lowest BCUT2D eigenvalue weighted by Gasteiger charge is -2.32. The van der Waals surface area contributed by atoms with Gasteiger partial charge in [0.2, 0.25) is 0 Å². The molecule has 0 amide bonds. The fraction of sp³-hybridized carbons (Fsp3) is 0.571. The fourth-order valence-corrected chi connectivity index (χ4v) is 2.84. The van der Waals surface area contributed by atoms with Crippen molar-refractivity contribution in [2.24, 2.45) is 5.73 Å². The predicted octanol–water partition coefficient (Wildman–Crippen LogP) is 2.70. The smallest absolute Gasteiger partial charge is 0.123 e. The van der Waals surface area contributed by atoms with Crippen LogP contribution in [0.3, 0.4) is 0 Å². The number of halogens is 1. The number of nitrogens with zero attached hydrogens (tertiary/aromatic N) is 1. The number of anilines is 1. The highest BCUT2D eigenvalue weighted by Crippen LogP contribution is 2.35. The second-order valence-corrected chi connectivity index (χ2v) is 5.34. The van der Waals surface area contributed by atoms with E-state index in [1.54, 1.807) is 12.1 Å². The molecular weight excluding hydrogens is 215 g/mol. The van der Waals surface area contributed by atoms with Gasteiger partial charge in [0.05, 0.1) is 0 Å². The van der Waals surface area contributed by atoms with Crippen LogP contribution in [0.5, 0.6) is 0 Å². The zero-order valence-electron chi connectivity index (χ0n) is 10.8. The zero-order chi connectivity index (χ0) is 12.6. The van der Waals surface area contributed by atoms with Crippen LogP contribution in [0.1, 0.15) is 32.8 Å². The molecule has 2 unspecified atom stereocenters. The Kier molecular flexibility index (Phi) is 3.38. The summed E-state index contributed by atoms with van der Waals surface area (Å²) >= 11 is 0. The number of hydrogen-bond acceptors (Lipinski definition) is 2. The average molecular weight is 236 g/mol. The quantitative estimate of drug-likeness (QED) is 0.874. The Bertz CT molecular complexity index is 401. The lowest BCUT2D eigenvalue weighted by molar-refractivity contribution is 0.497. The van der Waals surface area contributed by atoms with Crippen molar-refractivity contribution in [3.63, 3.8) is 0 Å². The Balaban J connectivity index is 2.30. The third kappa shape index (κ3) is 2.44. The molecule has 0 aromatic heterocycles. The normalized spacial score (nSPS) is 20.8. The van der Waals surface area contributed by atoms with E-state index in [2.05, 4.69) is 18.7 Å². The molecule has 0 fully saturated rings. The van der Waals surface area contributed by atoms with Gasteiger partial charge in [-0.15, -0.1) is 0 Å². The van der Waals surface area contributed by atoms with Gasteiger partial charge in [0.15, 0.2) is 0 Å². The number of fused-ring (bicyclic) bond motifs is 1. The summed E-state index contributed by atoms with van der Waals surface area (Å²) in [7, 11) is 0. The lowest BCUT2D eigenvalue weighted by Crippen LogP contribution is -2.40. The van der Waals surface area contributed by atoms with Crippen molar-refractivity contribution >= 4 is 5.69 Å². The van der Waals surface area contributed by atoms with Crippen molar-refractivity contribution in [3.8, 4) is 0 Å². The van der Waals surface area contributed by atoms with E-state index in [9.17, 15) is 4.39 Å². The first-order valence-corrected chi connectivity index (χ1v) is 6.31. The Morgan fingerprint density at radius 2 is 2.12 bits per heavy atom. The molecule has 1 aliphatic heterocycles. The summed E-state index contributed by atoms with van der Waals surface area (Å²) < 4.78 is 13.2. The summed E-state index contributed by atoms with van der Waals surface area (Å²) in [5, 5.41) is 0. The number of nitrogens with two attached hydrogens (primary N) is 1. The third-order valence-corrected chi connectivity index (χ3v) is 3.37. The van der Waals surface area contributed by atoms with Crippen LogP contribution < -0.4 is 10.6 Å². The molecule has 0 spiro atoms. The average Bonchev–Trinajstić information content (AvgIpc) is 2.53. The van der Waals surface area contributed by atoms with Crippen molar-refractivity contribution in [1.82, 2.24) is 0 Å². The van der Waals surface area contributed by atoms with Crippen LogP contribution in [0, 0.1) is 5.82 Å². The Morgan fingerprint density at radius 1 is 1.41 bits per heavy atom. The molecule has 0 saturated heterocycles. The topological polar surface area (TPSA) is 29.3 Å². The minimum absolute atomic E-state index is 0.145. The molecule has 0 saturated carbocycles. The van der Waals surface area contributed by atoms with E-state index in [-0.39, 0.29) is 11.9 Å². The van der Waals surface area contributed by atoms with E-state index in [4.69, 9.17) is 5.73 Å². The Morgan fingerprint density at radius 3 is 2.71 bits per heavy atom. The maximum absolute atomic E-state index is 13.2. The number of hydrogen-bond donors (Lipinski definition) is 1. The molecule has 2 rings (SSSR count). The second-order valence-electron chi connectivity index (χ2n) is 5.34. The summed E-state index contributed by atoms with van der Waals surface area (Å²) in [4.78, 5) is 2.37. The molecular formula is C14H21FN2. The Hall–Kier alpha value is -1.09. The summed E-state index contributed by atoms with van der Waals surface area (Å²) in [5.41, 5.74) is 8.19. The van der Waals surface area contributed by atoms with Crippen molar-refractivity contribution < 1.29 is 4.39 Å². The highest BCUT2D eigenvalue weighted by Gasteiger charge is 2.31. The zero-order valence-corrected chi connectivity index (χ0v) is 10.8. The Labute approximate surface area is 103 Å². The molecule has 0 bridgehead atoms. The fourth-order valence-electron chi connectivity index (χ4n) is 2.84. The van der Waals surface area contributed by atoms with Crippen molar-refractivity contribution in [2.75, 3.05) is 4.90 Å². The van der Waals surface area contributed by atoms with Crippen LogP contribution in [0.25, 0.3) is 0 Å². The van der Waals surface area contributed by atoms with Gasteiger partial charge in [-0.25, -0.2) is 4.39 Å². The molecule has 2 atom stereocenters. The van der Waals surface area contributed by atoms with Crippen LogP contribution in [0.15, 0.2) is 18.2 Å². The van der Waals surface area contributed by atoms with Crippen molar-refractivity contribution in [2.45, 2.75) is 51.7 Å². The molecule has 3 heteroatoms. The predicted molar refractivity (Wildman–Crippen MR) is 69.8 cm³/mol. The first kappa shape index (κ1) is 12.4. The lowest BCUT2D eigenvalue weighted by atomic mass is 10.0. The van der Waals surface area contributed by atoms with Crippen LogP contribution in [0.4, 0.5) is 10.1 Å². The van der Waals surface area contributed by atoms with Crippen LogP contribution in [0.2, 0.25) is 0 Å². The molecule has 94 valence electrons. The monoisotopic (exact) mass is 236 g/mol. The molecule has 1 aromatic carbocycles. The van der Waals surface area contributed by atoms with E-state index in [1.165, 1.54) is 5.69 Å². The summed E-state index contributed by atoms with van der Waals surface area (Å²) in [6, 6.07) is 6.11. The highest BCUT2D eigenvalue weighted by molar-refractivity contribution is 5.60. The van der Waals surface area contributed by atoms with Crippen molar-refractivity contribution in [3.05, 3.63) is 29.6 Å². The van der Waals surface area contributed by atoms with Gasteiger partial charge in [0.1, 0.15) is 5.82 Å². The van der Waals surface area contributed by atoms with Gasteiger partial charge in [0.25, 0.3) is 0 Å². The van der Waals surface area contributed by atoms with E-state index in [1.807, 2.05) is 13.0 Å². The summed E-state index contributed by atoms with van der Waals surface area (Å²) in [6.45, 7) is 6.38. The second kappa shape index (κ2) is 4.65. The van der Waals surface area contributed by atoms with Gasteiger partial charge in [-0.05, 0) is 57.4 Å². The third-order valence-electron chi connectivity index (χ3n) is 3.37. The molecule has 1 heterocycles. The van der Waals surface area contributed by atoms with E-state index in [0.29, 0.717) is 12.1 Å². The molecule has 1 aromatic rings. The molecule has 2 N–H and O–H groups in total. The maximum atomic E-state index is 13.2. The molecule has 0 radical (unpaired) electrons. The SMILES string of the molecule is CC(N)CC1Cc2cc(F)ccc2N1C(C)C. The van der Waals surface area contributed by atoms with Gasteiger partial charge in [0, 0.05) is 23.8 Å². The van der Waals surface area contributed by atoms with Crippen LogP contribution in [-0.4, -0.2) is 18.1 Å². The van der Waals surface area contributed by atoms with Gasteiger partial charge in [-0.3, -0.25) is 0 Å². The summed E-state index contributed by atoms with van der Waals surface area (Å²) in [5.74, 6) is -0.145.